The molecule has 0 aliphatic carbocycles. The van der Waals surface area contributed by atoms with E-state index >= 15 is 0 Å². The summed E-state index contributed by atoms with van der Waals surface area (Å²) in [5, 5.41) is 5.65. The SMILES string of the molecule is NC(=NCC1CCN(CCc2ccc(F)cc2)CC1)NC(=O)c1nc(Cl)c(NCc2ccc(I)cc2)nc1N. The molecule has 1 saturated heterocycles. The summed E-state index contributed by atoms with van der Waals surface area (Å²) in [6.07, 6.45) is 2.86. The Labute approximate surface area is 245 Å². The maximum Gasteiger partial charge on any atom is 0.280 e. The van der Waals surface area contributed by atoms with Gasteiger partial charge < -0.3 is 21.7 Å². The summed E-state index contributed by atoms with van der Waals surface area (Å²) in [6.45, 7) is 3.85. The van der Waals surface area contributed by atoms with Gasteiger partial charge in [-0.15, -0.1) is 0 Å². The summed E-state index contributed by atoms with van der Waals surface area (Å²) in [7, 11) is 0. The van der Waals surface area contributed by atoms with Crippen LogP contribution in [0.5, 0.6) is 0 Å². The molecule has 0 saturated carbocycles. The fourth-order valence-electron chi connectivity index (χ4n) is 4.27. The molecule has 2 aromatic carbocycles. The van der Waals surface area contributed by atoms with Crippen LogP contribution in [0.1, 0.15) is 34.5 Å². The summed E-state index contributed by atoms with van der Waals surface area (Å²) in [5.41, 5.74) is 14.0. The van der Waals surface area contributed by atoms with Crippen LogP contribution >= 0.6 is 34.2 Å². The highest BCUT2D eigenvalue weighted by Gasteiger charge is 2.20. The first-order valence-corrected chi connectivity index (χ1v) is 14.1. The Hall–Kier alpha value is -3.03. The molecular formula is C27H31ClFIN8O. The van der Waals surface area contributed by atoms with Crippen LogP contribution in [0.4, 0.5) is 16.0 Å². The monoisotopic (exact) mass is 664 g/mol. The molecule has 0 radical (unpaired) electrons. The van der Waals surface area contributed by atoms with E-state index in [1.165, 1.54) is 12.1 Å². The van der Waals surface area contributed by atoms with Crippen molar-refractivity contribution in [1.82, 2.24) is 20.2 Å². The van der Waals surface area contributed by atoms with Crippen LogP contribution in [-0.2, 0) is 13.0 Å². The van der Waals surface area contributed by atoms with Crippen molar-refractivity contribution in [1.29, 1.82) is 0 Å². The Morgan fingerprint density at radius 3 is 2.46 bits per heavy atom. The maximum absolute atomic E-state index is 13.1. The van der Waals surface area contributed by atoms with Crippen LogP contribution in [-0.4, -0.2) is 52.9 Å². The molecule has 0 bridgehead atoms. The molecule has 1 amide bonds. The van der Waals surface area contributed by atoms with Gasteiger partial charge in [-0.05, 0) is 96.3 Å². The standard InChI is InChI=1S/C27H31ClFIN8O/c28-23-25(33-15-18-3-7-21(30)8-4-18)36-24(31)22(35-23)26(39)37-27(32)34-16-19-10-13-38(14-11-19)12-9-17-1-5-20(29)6-2-17/h1-8,19H,9-16H2,(H3,31,33,36)(H3,32,34,37,39). The van der Waals surface area contributed by atoms with E-state index in [0.717, 1.165) is 53.6 Å². The van der Waals surface area contributed by atoms with Gasteiger partial charge >= 0.3 is 0 Å². The summed E-state index contributed by atoms with van der Waals surface area (Å²) < 4.78 is 14.2. The summed E-state index contributed by atoms with van der Waals surface area (Å²) in [5.74, 6) is -0.242. The zero-order chi connectivity index (χ0) is 27.8. The number of halogens is 3. The first kappa shape index (κ1) is 29.0. The van der Waals surface area contributed by atoms with Crippen LogP contribution in [0, 0.1) is 15.3 Å². The number of nitrogen functional groups attached to an aromatic ring is 1. The van der Waals surface area contributed by atoms with Gasteiger partial charge in [-0.3, -0.25) is 15.1 Å². The molecule has 206 valence electrons. The van der Waals surface area contributed by atoms with Gasteiger partial charge in [-0.1, -0.05) is 35.9 Å². The van der Waals surface area contributed by atoms with Crippen LogP contribution in [0.15, 0.2) is 53.5 Å². The number of piperidine rings is 1. The van der Waals surface area contributed by atoms with Gasteiger partial charge in [-0.2, -0.15) is 0 Å². The number of nitrogens with one attached hydrogen (secondary N) is 2. The third kappa shape index (κ3) is 8.73. The molecular weight excluding hydrogens is 634 g/mol. The van der Waals surface area contributed by atoms with Gasteiger partial charge in [0.05, 0.1) is 0 Å². The Morgan fingerprint density at radius 2 is 1.77 bits per heavy atom. The van der Waals surface area contributed by atoms with Gasteiger partial charge in [0.25, 0.3) is 5.91 Å². The molecule has 1 aliphatic heterocycles. The number of anilines is 2. The average Bonchev–Trinajstić information content (AvgIpc) is 2.93. The summed E-state index contributed by atoms with van der Waals surface area (Å²) in [4.78, 5) is 27.8. The molecule has 1 aromatic heterocycles. The van der Waals surface area contributed by atoms with Crippen molar-refractivity contribution in [3.8, 4) is 0 Å². The van der Waals surface area contributed by atoms with E-state index in [1.54, 1.807) is 0 Å². The molecule has 9 nitrogen and oxygen atoms in total. The lowest BCUT2D eigenvalue weighted by Crippen LogP contribution is -2.39. The molecule has 39 heavy (non-hydrogen) atoms. The number of aliphatic imine (C=N–C) groups is 1. The fraction of sp³-hybridized carbons (Fsp3) is 0.333. The van der Waals surface area contributed by atoms with Crippen molar-refractivity contribution >= 4 is 57.7 Å². The third-order valence-electron chi connectivity index (χ3n) is 6.57. The fourth-order valence-corrected chi connectivity index (χ4v) is 4.82. The van der Waals surface area contributed by atoms with Crippen LogP contribution in [0.3, 0.4) is 0 Å². The number of carbonyl (C=O) groups is 1. The molecule has 12 heteroatoms. The van der Waals surface area contributed by atoms with Crippen molar-refractivity contribution in [2.24, 2.45) is 16.6 Å². The van der Waals surface area contributed by atoms with E-state index in [9.17, 15) is 9.18 Å². The number of hydrogen-bond donors (Lipinski definition) is 4. The Bertz CT molecular complexity index is 1300. The highest BCUT2D eigenvalue weighted by Crippen LogP contribution is 2.22. The number of benzene rings is 2. The number of carbonyl (C=O) groups excluding carboxylic acids is 1. The molecule has 0 spiro atoms. The molecule has 1 fully saturated rings. The molecule has 1 aliphatic rings. The van der Waals surface area contributed by atoms with Crippen LogP contribution in [0.25, 0.3) is 0 Å². The molecule has 0 atom stereocenters. The zero-order valence-electron chi connectivity index (χ0n) is 21.3. The lowest BCUT2D eigenvalue weighted by Gasteiger charge is -2.31. The van der Waals surface area contributed by atoms with Crippen molar-refractivity contribution < 1.29 is 9.18 Å². The minimum atomic E-state index is -0.622. The number of amides is 1. The number of rotatable bonds is 9. The van der Waals surface area contributed by atoms with Gasteiger partial charge in [0.1, 0.15) is 5.82 Å². The van der Waals surface area contributed by atoms with E-state index in [0.29, 0.717) is 19.0 Å². The number of aromatic nitrogens is 2. The highest BCUT2D eigenvalue weighted by atomic mass is 127. The van der Waals surface area contributed by atoms with E-state index in [4.69, 9.17) is 23.1 Å². The van der Waals surface area contributed by atoms with Crippen molar-refractivity contribution in [3.63, 3.8) is 0 Å². The quantitative estimate of drug-likeness (QED) is 0.154. The minimum Gasteiger partial charge on any atom is -0.382 e. The molecule has 0 unspecified atom stereocenters. The predicted molar refractivity (Wildman–Crippen MR) is 161 cm³/mol. The van der Waals surface area contributed by atoms with E-state index < -0.39 is 5.91 Å². The number of nitrogens with two attached hydrogens (primary N) is 2. The van der Waals surface area contributed by atoms with Gasteiger partial charge in [0.2, 0.25) is 0 Å². The number of nitrogens with zero attached hydrogens (tertiary/aromatic N) is 4. The lowest BCUT2D eigenvalue weighted by molar-refractivity contribution is 0.0972. The number of hydrogen-bond acceptors (Lipinski definition) is 7. The Morgan fingerprint density at radius 1 is 1.10 bits per heavy atom. The van der Waals surface area contributed by atoms with E-state index in [2.05, 4.69) is 53.1 Å². The maximum atomic E-state index is 13.1. The second kappa shape index (κ2) is 13.9. The van der Waals surface area contributed by atoms with Crippen LogP contribution in [0.2, 0.25) is 5.15 Å². The largest absolute Gasteiger partial charge is 0.382 e. The first-order chi connectivity index (χ1) is 18.8. The van der Waals surface area contributed by atoms with Crippen molar-refractivity contribution in [2.45, 2.75) is 25.8 Å². The second-order valence-electron chi connectivity index (χ2n) is 9.42. The summed E-state index contributed by atoms with van der Waals surface area (Å²) >= 11 is 8.50. The predicted octanol–water partition coefficient (Wildman–Crippen LogP) is 4.07. The van der Waals surface area contributed by atoms with Crippen LogP contribution < -0.4 is 22.1 Å². The molecule has 4 rings (SSSR count). The average molecular weight is 665 g/mol. The molecule has 2 heterocycles. The molecule has 6 N–H and O–H groups in total. The smallest absolute Gasteiger partial charge is 0.280 e. The third-order valence-corrected chi connectivity index (χ3v) is 7.55. The minimum absolute atomic E-state index is 0.00280. The summed E-state index contributed by atoms with van der Waals surface area (Å²) in [6, 6.07) is 14.6. The normalized spacial score (nSPS) is 14.8. The van der Waals surface area contributed by atoms with Crippen molar-refractivity contribution in [3.05, 3.63) is 79.9 Å². The zero-order valence-corrected chi connectivity index (χ0v) is 24.3. The van der Waals surface area contributed by atoms with E-state index in [-0.39, 0.29) is 34.3 Å². The van der Waals surface area contributed by atoms with Gasteiger partial charge in [-0.25, -0.2) is 14.4 Å². The molecule has 3 aromatic rings. The second-order valence-corrected chi connectivity index (χ2v) is 11.0. The number of likely N-dealkylation sites (tertiary alicyclic amines) is 1. The van der Waals surface area contributed by atoms with Crippen molar-refractivity contribution in [2.75, 3.05) is 37.2 Å². The highest BCUT2D eigenvalue weighted by molar-refractivity contribution is 14.1. The lowest BCUT2D eigenvalue weighted by atomic mass is 9.96. The van der Waals surface area contributed by atoms with Gasteiger partial charge in [0.15, 0.2) is 28.4 Å². The van der Waals surface area contributed by atoms with E-state index in [1.807, 2.05) is 36.4 Å². The topological polar surface area (TPSA) is 135 Å². The Kier molecular flexibility index (Phi) is 10.3. The number of guanidine groups is 1. The Balaban J connectivity index is 1.22. The first-order valence-electron chi connectivity index (χ1n) is 12.7. The van der Waals surface area contributed by atoms with Gasteiger partial charge in [0, 0.05) is 23.2 Å².